The molecule has 0 amide bonds. The molecule has 0 aliphatic heterocycles. The minimum Gasteiger partial charge on any atom is -0.450 e. The third-order valence-corrected chi connectivity index (χ3v) is 2.26. The third-order valence-electron chi connectivity index (χ3n) is 1.73. The van der Waals surface area contributed by atoms with Crippen LogP contribution in [0.5, 0.6) is 11.5 Å². The monoisotopic (exact) mass is 266 g/mol. The molecule has 0 spiro atoms. The van der Waals surface area contributed by atoms with Gasteiger partial charge in [0, 0.05) is 4.47 Å². The molecule has 0 saturated heterocycles. The van der Waals surface area contributed by atoms with Crippen LogP contribution in [0.1, 0.15) is 0 Å². The Morgan fingerprint density at radius 3 is 2.67 bits per heavy atom. The SMILES string of the molecule is O=c1[nH]cncc1Oc1ccc(Br)cc1. The van der Waals surface area contributed by atoms with Crippen molar-refractivity contribution in [3.05, 3.63) is 51.6 Å². The number of H-pyrrole nitrogens is 1. The molecular weight excluding hydrogens is 260 g/mol. The van der Waals surface area contributed by atoms with E-state index in [-0.39, 0.29) is 11.3 Å². The smallest absolute Gasteiger partial charge is 0.293 e. The highest BCUT2D eigenvalue weighted by molar-refractivity contribution is 9.10. The summed E-state index contributed by atoms with van der Waals surface area (Å²) in [5, 5.41) is 0. The molecule has 1 heterocycles. The number of hydrogen-bond donors (Lipinski definition) is 1. The molecule has 0 bridgehead atoms. The Labute approximate surface area is 94.1 Å². The Balaban J connectivity index is 2.26. The van der Waals surface area contributed by atoms with Gasteiger partial charge in [0.05, 0.1) is 12.5 Å². The molecule has 0 atom stereocenters. The van der Waals surface area contributed by atoms with E-state index < -0.39 is 0 Å². The number of rotatable bonds is 2. The molecule has 76 valence electrons. The van der Waals surface area contributed by atoms with Crippen LogP contribution in [0.4, 0.5) is 0 Å². The molecule has 4 nitrogen and oxygen atoms in total. The van der Waals surface area contributed by atoms with Gasteiger partial charge < -0.3 is 9.72 Å². The molecule has 0 aliphatic rings. The lowest BCUT2D eigenvalue weighted by molar-refractivity contribution is 0.471. The standard InChI is InChI=1S/C10H7BrN2O2/c11-7-1-3-8(4-2-7)15-9-5-12-6-13-10(9)14/h1-6H,(H,12,13,14). The van der Waals surface area contributed by atoms with Gasteiger partial charge in [0.1, 0.15) is 5.75 Å². The van der Waals surface area contributed by atoms with E-state index >= 15 is 0 Å². The molecule has 1 N–H and O–H groups in total. The second-order valence-corrected chi connectivity index (χ2v) is 3.72. The van der Waals surface area contributed by atoms with Gasteiger partial charge in [-0.3, -0.25) is 4.79 Å². The summed E-state index contributed by atoms with van der Waals surface area (Å²) < 4.78 is 6.29. The molecule has 0 saturated carbocycles. The first-order valence-corrected chi connectivity index (χ1v) is 5.01. The first-order valence-electron chi connectivity index (χ1n) is 4.22. The molecule has 0 aliphatic carbocycles. The van der Waals surface area contributed by atoms with E-state index in [1.54, 1.807) is 12.1 Å². The summed E-state index contributed by atoms with van der Waals surface area (Å²) in [5.74, 6) is 0.775. The quantitative estimate of drug-likeness (QED) is 0.908. The number of halogens is 1. The van der Waals surface area contributed by atoms with E-state index in [2.05, 4.69) is 25.9 Å². The largest absolute Gasteiger partial charge is 0.450 e. The molecule has 0 unspecified atom stereocenters. The minimum atomic E-state index is -0.298. The molecule has 5 heteroatoms. The third kappa shape index (κ3) is 2.44. The normalized spacial score (nSPS) is 9.93. The second-order valence-electron chi connectivity index (χ2n) is 2.80. The van der Waals surface area contributed by atoms with Crippen molar-refractivity contribution >= 4 is 15.9 Å². The average Bonchev–Trinajstić information content (AvgIpc) is 2.25. The van der Waals surface area contributed by atoms with Crippen molar-refractivity contribution in [2.75, 3.05) is 0 Å². The number of nitrogens with zero attached hydrogens (tertiary/aromatic N) is 1. The summed E-state index contributed by atoms with van der Waals surface area (Å²) in [7, 11) is 0. The average molecular weight is 267 g/mol. The summed E-state index contributed by atoms with van der Waals surface area (Å²) in [6, 6.07) is 7.19. The van der Waals surface area contributed by atoms with Crippen molar-refractivity contribution in [2.45, 2.75) is 0 Å². The molecule has 0 fully saturated rings. The molecular formula is C10H7BrN2O2. The Hall–Kier alpha value is -1.62. The minimum absolute atomic E-state index is 0.180. The number of ether oxygens (including phenoxy) is 1. The number of aromatic amines is 1. The van der Waals surface area contributed by atoms with E-state index in [0.717, 1.165) is 4.47 Å². The lowest BCUT2D eigenvalue weighted by atomic mass is 10.3. The number of hydrogen-bond acceptors (Lipinski definition) is 3. The van der Waals surface area contributed by atoms with Gasteiger partial charge in [-0.05, 0) is 24.3 Å². The van der Waals surface area contributed by atoms with Crippen LogP contribution in [0.15, 0.2) is 46.1 Å². The highest BCUT2D eigenvalue weighted by atomic mass is 79.9. The summed E-state index contributed by atoms with van der Waals surface area (Å²) in [6.07, 6.45) is 2.69. The zero-order chi connectivity index (χ0) is 10.7. The van der Waals surface area contributed by atoms with E-state index in [0.29, 0.717) is 5.75 Å². The van der Waals surface area contributed by atoms with Gasteiger partial charge in [-0.15, -0.1) is 0 Å². The number of aromatic nitrogens is 2. The van der Waals surface area contributed by atoms with E-state index in [4.69, 9.17) is 4.74 Å². The number of nitrogens with one attached hydrogen (secondary N) is 1. The van der Waals surface area contributed by atoms with Crippen LogP contribution in [0.2, 0.25) is 0 Å². The van der Waals surface area contributed by atoms with Crippen molar-refractivity contribution in [3.8, 4) is 11.5 Å². The first-order chi connectivity index (χ1) is 7.25. The van der Waals surface area contributed by atoms with Crippen LogP contribution in [0, 0.1) is 0 Å². The summed E-state index contributed by atoms with van der Waals surface area (Å²) in [4.78, 5) is 17.5. The topological polar surface area (TPSA) is 55.0 Å². The molecule has 2 aromatic rings. The fourth-order valence-electron chi connectivity index (χ4n) is 1.03. The van der Waals surface area contributed by atoms with Crippen LogP contribution in [-0.2, 0) is 0 Å². The zero-order valence-electron chi connectivity index (χ0n) is 7.61. The first kappa shape index (κ1) is 9.92. The Kier molecular flexibility index (Phi) is 2.82. The highest BCUT2D eigenvalue weighted by Crippen LogP contribution is 2.19. The lowest BCUT2D eigenvalue weighted by Gasteiger charge is -2.03. The van der Waals surface area contributed by atoms with Crippen LogP contribution in [0.25, 0.3) is 0 Å². The van der Waals surface area contributed by atoms with Crippen molar-refractivity contribution < 1.29 is 4.74 Å². The van der Waals surface area contributed by atoms with Gasteiger partial charge >= 0.3 is 0 Å². The molecule has 1 aromatic carbocycles. The van der Waals surface area contributed by atoms with Crippen molar-refractivity contribution in [2.24, 2.45) is 0 Å². The lowest BCUT2D eigenvalue weighted by Crippen LogP contribution is -2.07. The van der Waals surface area contributed by atoms with Gasteiger partial charge in [-0.25, -0.2) is 4.98 Å². The maximum absolute atomic E-state index is 11.3. The Bertz CT molecular complexity index is 507. The Morgan fingerprint density at radius 1 is 1.27 bits per heavy atom. The molecule has 2 rings (SSSR count). The van der Waals surface area contributed by atoms with E-state index in [9.17, 15) is 4.79 Å². The van der Waals surface area contributed by atoms with Crippen molar-refractivity contribution in [1.29, 1.82) is 0 Å². The Morgan fingerprint density at radius 2 is 2.00 bits per heavy atom. The van der Waals surface area contributed by atoms with Gasteiger partial charge in [0.25, 0.3) is 5.56 Å². The van der Waals surface area contributed by atoms with Crippen molar-refractivity contribution in [3.63, 3.8) is 0 Å². The molecule has 0 radical (unpaired) electrons. The van der Waals surface area contributed by atoms with Crippen LogP contribution >= 0.6 is 15.9 Å². The predicted molar refractivity (Wildman–Crippen MR) is 59.1 cm³/mol. The highest BCUT2D eigenvalue weighted by Gasteiger charge is 2.01. The summed E-state index contributed by atoms with van der Waals surface area (Å²) >= 11 is 3.31. The van der Waals surface area contributed by atoms with Crippen molar-refractivity contribution in [1.82, 2.24) is 9.97 Å². The van der Waals surface area contributed by atoms with Crippen LogP contribution in [-0.4, -0.2) is 9.97 Å². The maximum Gasteiger partial charge on any atom is 0.293 e. The van der Waals surface area contributed by atoms with Gasteiger partial charge in [-0.1, -0.05) is 15.9 Å². The number of benzene rings is 1. The molecule has 1 aromatic heterocycles. The van der Waals surface area contributed by atoms with Gasteiger partial charge in [-0.2, -0.15) is 0 Å². The summed E-state index contributed by atoms with van der Waals surface area (Å²) in [5.41, 5.74) is -0.298. The second kappa shape index (κ2) is 4.27. The fraction of sp³-hybridized carbons (Fsp3) is 0. The van der Waals surface area contributed by atoms with E-state index in [1.807, 2.05) is 12.1 Å². The van der Waals surface area contributed by atoms with Gasteiger partial charge in [0.2, 0.25) is 5.75 Å². The van der Waals surface area contributed by atoms with Gasteiger partial charge in [0.15, 0.2) is 0 Å². The van der Waals surface area contributed by atoms with Crippen LogP contribution in [0.3, 0.4) is 0 Å². The van der Waals surface area contributed by atoms with E-state index in [1.165, 1.54) is 12.5 Å². The predicted octanol–water partition coefficient (Wildman–Crippen LogP) is 2.32. The fourth-order valence-corrected chi connectivity index (χ4v) is 1.30. The summed E-state index contributed by atoms with van der Waals surface area (Å²) in [6.45, 7) is 0. The molecule has 15 heavy (non-hydrogen) atoms. The van der Waals surface area contributed by atoms with Crippen LogP contribution < -0.4 is 10.3 Å². The zero-order valence-corrected chi connectivity index (χ0v) is 9.19. The maximum atomic E-state index is 11.3.